The van der Waals surface area contributed by atoms with E-state index in [-0.39, 0.29) is 31.4 Å². The van der Waals surface area contributed by atoms with Gasteiger partial charge in [-0.1, -0.05) is 6.07 Å². The first-order valence-electron chi connectivity index (χ1n) is 12.9. The van der Waals surface area contributed by atoms with E-state index in [1.165, 1.54) is 7.11 Å². The van der Waals surface area contributed by atoms with E-state index < -0.39 is 0 Å². The second kappa shape index (κ2) is 10.6. The van der Waals surface area contributed by atoms with E-state index in [1.54, 1.807) is 6.20 Å². The van der Waals surface area contributed by atoms with Gasteiger partial charge in [0.2, 0.25) is 12.7 Å². The molecule has 2 aliphatic rings. The molecule has 204 valence electrons. The molecule has 0 bridgehead atoms. The third-order valence-electron chi connectivity index (χ3n) is 7.21. The summed E-state index contributed by atoms with van der Waals surface area (Å²) in [5.74, 6) is 1.28. The molecule has 0 radical (unpaired) electrons. The molecule has 2 N–H and O–H groups in total. The highest BCUT2D eigenvalue weighted by atomic mass is 32.1. The van der Waals surface area contributed by atoms with Gasteiger partial charge in [0, 0.05) is 47.8 Å². The number of hydrogen-bond donors (Lipinski definition) is 2. The van der Waals surface area contributed by atoms with Gasteiger partial charge in [0.05, 0.1) is 17.8 Å². The number of rotatable bonds is 7. The van der Waals surface area contributed by atoms with Crippen LogP contribution in [0.1, 0.15) is 34.7 Å². The first-order chi connectivity index (χ1) is 19.4. The van der Waals surface area contributed by atoms with Crippen LogP contribution in [0.4, 0.5) is 11.4 Å². The van der Waals surface area contributed by atoms with Crippen molar-refractivity contribution in [2.24, 2.45) is 0 Å². The number of carbonyl (C=O) groups is 1. The van der Waals surface area contributed by atoms with Crippen LogP contribution >= 0.6 is 12.2 Å². The Bertz CT molecular complexity index is 1570. The monoisotopic (exact) mass is 555 g/mol. The van der Waals surface area contributed by atoms with Crippen molar-refractivity contribution in [1.82, 2.24) is 14.9 Å². The molecule has 10 heteroatoms. The molecule has 0 spiro atoms. The highest BCUT2D eigenvalue weighted by Gasteiger charge is 2.42. The van der Waals surface area contributed by atoms with E-state index in [2.05, 4.69) is 45.0 Å². The van der Waals surface area contributed by atoms with E-state index in [9.17, 15) is 4.79 Å². The van der Waals surface area contributed by atoms with E-state index in [0.717, 1.165) is 45.5 Å². The molecular formula is C30H29N5O4S. The summed E-state index contributed by atoms with van der Waals surface area (Å²) in [5, 5.41) is 6.97. The number of methoxy groups -OCH3 is 1. The lowest BCUT2D eigenvalue weighted by molar-refractivity contribution is -0.119. The molecule has 1 fully saturated rings. The van der Waals surface area contributed by atoms with E-state index in [4.69, 9.17) is 26.4 Å². The van der Waals surface area contributed by atoms with Crippen LogP contribution in [0.2, 0.25) is 0 Å². The summed E-state index contributed by atoms with van der Waals surface area (Å²) in [6.07, 6.45) is 1.80. The molecule has 2 aliphatic heterocycles. The van der Waals surface area contributed by atoms with Crippen molar-refractivity contribution in [3.05, 3.63) is 95.6 Å². The SMILES string of the molecule is COCC(=O)Nc1ccc(N2C(=S)N[C@H](c3ccccn3)[C@H]2c2cc(C)n(-c3ccc4c(c3)OCO4)c2C)cc1. The van der Waals surface area contributed by atoms with Crippen LogP contribution in [0.3, 0.4) is 0 Å². The number of benzene rings is 2. The Labute approximate surface area is 237 Å². The zero-order valence-electron chi connectivity index (χ0n) is 22.4. The number of nitrogens with one attached hydrogen (secondary N) is 2. The molecule has 6 rings (SSSR count). The number of ether oxygens (including phenoxy) is 3. The Morgan fingerprint density at radius 1 is 1.07 bits per heavy atom. The van der Waals surface area contributed by atoms with Crippen molar-refractivity contribution in [3.63, 3.8) is 0 Å². The highest BCUT2D eigenvalue weighted by Crippen LogP contribution is 2.44. The van der Waals surface area contributed by atoms with Crippen LogP contribution in [0.25, 0.3) is 5.69 Å². The maximum Gasteiger partial charge on any atom is 0.250 e. The molecule has 2 aromatic heterocycles. The van der Waals surface area contributed by atoms with Gasteiger partial charge in [0.15, 0.2) is 16.6 Å². The number of fused-ring (bicyclic) bond motifs is 1. The standard InChI is InChI=1S/C30H29N5O4S/c1-18-14-23(19(2)34(18)22-11-12-25-26(15-22)39-17-38-25)29-28(24-6-4-5-13-31-24)33-30(40)35(29)21-9-7-20(8-10-21)32-27(36)16-37-3/h4-15,28-29H,16-17H2,1-3H3,(H,32,36)(H,33,40)/t28-,29-/m1/s1. The number of amides is 1. The predicted molar refractivity (Wildman–Crippen MR) is 156 cm³/mol. The van der Waals surface area contributed by atoms with Gasteiger partial charge in [0.25, 0.3) is 0 Å². The van der Waals surface area contributed by atoms with Crippen LogP contribution in [0, 0.1) is 13.8 Å². The van der Waals surface area contributed by atoms with Gasteiger partial charge in [-0.15, -0.1) is 0 Å². The average Bonchev–Trinajstić information content (AvgIpc) is 3.64. The maximum absolute atomic E-state index is 12.0. The van der Waals surface area contributed by atoms with Crippen LogP contribution in [0.15, 0.2) is 72.9 Å². The zero-order valence-corrected chi connectivity index (χ0v) is 23.2. The number of thiocarbonyl (C=S) groups is 1. The van der Waals surface area contributed by atoms with E-state index in [1.807, 2.05) is 60.7 Å². The molecule has 2 atom stereocenters. The van der Waals surface area contributed by atoms with Gasteiger partial charge in [-0.05, 0) is 86.2 Å². The Morgan fingerprint density at radius 3 is 2.60 bits per heavy atom. The fraction of sp³-hybridized carbons (Fsp3) is 0.233. The summed E-state index contributed by atoms with van der Waals surface area (Å²) in [6, 6.07) is 21.4. The number of aromatic nitrogens is 2. The third-order valence-corrected chi connectivity index (χ3v) is 7.52. The van der Waals surface area contributed by atoms with Gasteiger partial charge < -0.3 is 34.3 Å². The lowest BCUT2D eigenvalue weighted by Crippen LogP contribution is -2.29. The summed E-state index contributed by atoms with van der Waals surface area (Å²) in [4.78, 5) is 18.8. The molecule has 0 saturated carbocycles. The van der Waals surface area contributed by atoms with Crippen LogP contribution in [0.5, 0.6) is 11.5 Å². The van der Waals surface area contributed by atoms with Gasteiger partial charge >= 0.3 is 0 Å². The molecule has 4 heterocycles. The van der Waals surface area contributed by atoms with Crippen molar-refractivity contribution in [3.8, 4) is 17.2 Å². The lowest BCUT2D eigenvalue weighted by atomic mass is 9.96. The number of carbonyl (C=O) groups excluding carboxylic acids is 1. The normalized spacial score (nSPS) is 17.7. The first kappa shape index (κ1) is 25.8. The van der Waals surface area contributed by atoms with Gasteiger partial charge in [-0.25, -0.2) is 0 Å². The molecule has 1 amide bonds. The van der Waals surface area contributed by atoms with Crippen molar-refractivity contribution in [2.75, 3.05) is 30.7 Å². The average molecular weight is 556 g/mol. The number of aryl methyl sites for hydroxylation is 1. The number of anilines is 2. The molecule has 0 aliphatic carbocycles. The number of nitrogens with zero attached hydrogens (tertiary/aromatic N) is 3. The summed E-state index contributed by atoms with van der Waals surface area (Å²) in [7, 11) is 1.49. The molecular weight excluding hydrogens is 526 g/mol. The number of pyridine rings is 1. The lowest BCUT2D eigenvalue weighted by Gasteiger charge is -2.28. The van der Waals surface area contributed by atoms with Crippen molar-refractivity contribution in [1.29, 1.82) is 0 Å². The summed E-state index contributed by atoms with van der Waals surface area (Å²) >= 11 is 5.91. The predicted octanol–water partition coefficient (Wildman–Crippen LogP) is 4.98. The molecule has 1 saturated heterocycles. The minimum Gasteiger partial charge on any atom is -0.454 e. The quantitative estimate of drug-likeness (QED) is 0.309. The number of hydrogen-bond acceptors (Lipinski definition) is 6. The molecule has 4 aromatic rings. The van der Waals surface area contributed by atoms with Crippen molar-refractivity contribution < 1.29 is 19.0 Å². The van der Waals surface area contributed by atoms with Gasteiger partial charge in [0.1, 0.15) is 6.61 Å². The Balaban J connectivity index is 1.41. The van der Waals surface area contributed by atoms with Crippen molar-refractivity contribution in [2.45, 2.75) is 25.9 Å². The van der Waals surface area contributed by atoms with Crippen LogP contribution < -0.4 is 25.0 Å². The fourth-order valence-corrected chi connectivity index (χ4v) is 5.84. The van der Waals surface area contributed by atoms with Crippen molar-refractivity contribution >= 4 is 34.6 Å². The molecule has 40 heavy (non-hydrogen) atoms. The van der Waals surface area contributed by atoms with E-state index in [0.29, 0.717) is 10.8 Å². The summed E-state index contributed by atoms with van der Waals surface area (Å²) < 4.78 is 18.3. The first-order valence-corrected chi connectivity index (χ1v) is 13.3. The summed E-state index contributed by atoms with van der Waals surface area (Å²) in [5.41, 5.74) is 6.77. The highest BCUT2D eigenvalue weighted by molar-refractivity contribution is 7.80. The second-order valence-electron chi connectivity index (χ2n) is 9.72. The van der Waals surface area contributed by atoms with Crippen LogP contribution in [-0.4, -0.2) is 41.1 Å². The molecule has 2 aromatic carbocycles. The van der Waals surface area contributed by atoms with Crippen LogP contribution in [-0.2, 0) is 9.53 Å². The second-order valence-corrected chi connectivity index (χ2v) is 10.1. The largest absolute Gasteiger partial charge is 0.454 e. The zero-order chi connectivity index (χ0) is 27.8. The van der Waals surface area contributed by atoms with Gasteiger partial charge in [-0.3, -0.25) is 9.78 Å². The minimum atomic E-state index is -0.211. The summed E-state index contributed by atoms with van der Waals surface area (Å²) in [6.45, 7) is 4.44. The maximum atomic E-state index is 12.0. The Morgan fingerprint density at radius 2 is 1.85 bits per heavy atom. The fourth-order valence-electron chi connectivity index (χ4n) is 5.49. The molecule has 0 unspecified atom stereocenters. The molecule has 9 nitrogen and oxygen atoms in total. The van der Waals surface area contributed by atoms with Gasteiger partial charge in [-0.2, -0.15) is 0 Å². The third kappa shape index (κ3) is 4.65. The Kier molecular flexibility index (Phi) is 6.87. The minimum absolute atomic E-state index is 0.00526. The topological polar surface area (TPSA) is 89.9 Å². The Hall–Kier alpha value is -4.41. The van der Waals surface area contributed by atoms with E-state index >= 15 is 0 Å². The smallest absolute Gasteiger partial charge is 0.250 e.